The third kappa shape index (κ3) is 4.10. The predicted molar refractivity (Wildman–Crippen MR) is 86.3 cm³/mol. The molecule has 0 radical (unpaired) electrons. The number of benzene rings is 1. The van der Waals surface area contributed by atoms with Crippen LogP contribution in [-0.2, 0) is 11.8 Å². The Kier molecular flexibility index (Phi) is 4.85. The molecule has 0 aliphatic rings. The number of carbonyl (C=O) groups excluding carboxylic acids is 1. The molecule has 0 unspecified atom stereocenters. The highest BCUT2D eigenvalue weighted by Crippen LogP contribution is 2.20. The molecule has 0 saturated carbocycles. The smallest absolute Gasteiger partial charge is 0.271 e. The standard InChI is InChI=1S/C17H23N3O2/c1-17(2,3)15-11-14(19-20-15)16(21)18-9-8-12-6-5-7-13(10-12)22-4/h5-7,10-11H,8-9H2,1-4H3,(H,18,21)(H,19,20). The molecule has 1 heterocycles. The van der Waals surface area contributed by atoms with Gasteiger partial charge in [-0.2, -0.15) is 5.10 Å². The number of hydrogen-bond donors (Lipinski definition) is 2. The van der Waals surface area contributed by atoms with Crippen LogP contribution in [0.4, 0.5) is 0 Å². The molecule has 0 aliphatic heterocycles. The van der Waals surface area contributed by atoms with Crippen molar-refractivity contribution in [3.05, 3.63) is 47.3 Å². The van der Waals surface area contributed by atoms with E-state index in [0.29, 0.717) is 12.2 Å². The molecule has 0 bridgehead atoms. The van der Waals surface area contributed by atoms with Crippen molar-refractivity contribution in [2.45, 2.75) is 32.6 Å². The molecule has 0 fully saturated rings. The van der Waals surface area contributed by atoms with E-state index in [1.54, 1.807) is 13.2 Å². The molecule has 0 saturated heterocycles. The van der Waals surface area contributed by atoms with Crippen molar-refractivity contribution in [2.24, 2.45) is 0 Å². The van der Waals surface area contributed by atoms with Gasteiger partial charge in [-0.3, -0.25) is 9.89 Å². The molecule has 0 spiro atoms. The van der Waals surface area contributed by atoms with Gasteiger partial charge in [0, 0.05) is 17.7 Å². The molecular weight excluding hydrogens is 278 g/mol. The van der Waals surface area contributed by atoms with Gasteiger partial charge in [0.05, 0.1) is 7.11 Å². The summed E-state index contributed by atoms with van der Waals surface area (Å²) in [6.07, 6.45) is 0.749. The zero-order chi connectivity index (χ0) is 16.2. The number of H-pyrrole nitrogens is 1. The van der Waals surface area contributed by atoms with Crippen LogP contribution in [0.15, 0.2) is 30.3 Å². The fourth-order valence-electron chi connectivity index (χ4n) is 2.06. The second kappa shape index (κ2) is 6.64. The highest BCUT2D eigenvalue weighted by Gasteiger charge is 2.19. The van der Waals surface area contributed by atoms with Gasteiger partial charge in [-0.25, -0.2) is 0 Å². The molecule has 0 aliphatic carbocycles. The van der Waals surface area contributed by atoms with Gasteiger partial charge < -0.3 is 10.1 Å². The Bertz CT molecular complexity index is 641. The van der Waals surface area contributed by atoms with E-state index in [9.17, 15) is 4.79 Å². The number of carbonyl (C=O) groups is 1. The number of nitrogens with one attached hydrogen (secondary N) is 2. The first kappa shape index (κ1) is 16.1. The first-order valence-corrected chi connectivity index (χ1v) is 7.37. The Morgan fingerprint density at radius 3 is 2.73 bits per heavy atom. The van der Waals surface area contributed by atoms with Crippen LogP contribution in [0.5, 0.6) is 5.75 Å². The van der Waals surface area contributed by atoms with Gasteiger partial charge in [0.1, 0.15) is 11.4 Å². The largest absolute Gasteiger partial charge is 0.497 e. The normalized spacial score (nSPS) is 11.3. The van der Waals surface area contributed by atoms with E-state index in [1.165, 1.54) is 0 Å². The van der Waals surface area contributed by atoms with Crippen molar-refractivity contribution >= 4 is 5.91 Å². The number of methoxy groups -OCH3 is 1. The van der Waals surface area contributed by atoms with Gasteiger partial charge >= 0.3 is 0 Å². The highest BCUT2D eigenvalue weighted by atomic mass is 16.5. The molecule has 5 nitrogen and oxygen atoms in total. The van der Waals surface area contributed by atoms with Crippen molar-refractivity contribution in [3.63, 3.8) is 0 Å². The molecule has 5 heteroatoms. The molecule has 0 atom stereocenters. The van der Waals surface area contributed by atoms with Crippen molar-refractivity contribution in [2.75, 3.05) is 13.7 Å². The Hall–Kier alpha value is -2.30. The van der Waals surface area contributed by atoms with Crippen LogP contribution < -0.4 is 10.1 Å². The number of nitrogens with zero attached hydrogens (tertiary/aromatic N) is 1. The lowest BCUT2D eigenvalue weighted by atomic mass is 9.92. The summed E-state index contributed by atoms with van der Waals surface area (Å²) in [6.45, 7) is 6.78. The molecular formula is C17H23N3O2. The topological polar surface area (TPSA) is 67.0 Å². The Morgan fingerprint density at radius 2 is 2.09 bits per heavy atom. The summed E-state index contributed by atoms with van der Waals surface area (Å²) in [5.74, 6) is 0.667. The van der Waals surface area contributed by atoms with Gasteiger partial charge in [0.15, 0.2) is 0 Å². The molecule has 118 valence electrons. The third-order valence-corrected chi connectivity index (χ3v) is 3.45. The lowest BCUT2D eigenvalue weighted by Crippen LogP contribution is -2.26. The van der Waals surface area contributed by atoms with Gasteiger partial charge in [-0.1, -0.05) is 32.9 Å². The van der Waals surface area contributed by atoms with Crippen LogP contribution in [0.25, 0.3) is 0 Å². The van der Waals surface area contributed by atoms with Gasteiger partial charge in [-0.15, -0.1) is 0 Å². The SMILES string of the molecule is COc1cccc(CCNC(=O)c2cc(C(C)(C)C)[nH]n2)c1. The zero-order valence-corrected chi connectivity index (χ0v) is 13.6. The molecule has 1 aromatic heterocycles. The lowest BCUT2D eigenvalue weighted by Gasteiger charge is -2.14. The maximum atomic E-state index is 12.1. The van der Waals surface area contributed by atoms with Crippen LogP contribution in [0.1, 0.15) is 42.5 Å². The third-order valence-electron chi connectivity index (χ3n) is 3.45. The fourth-order valence-corrected chi connectivity index (χ4v) is 2.06. The minimum atomic E-state index is -0.158. The average molecular weight is 301 g/mol. The minimum absolute atomic E-state index is 0.0495. The fraction of sp³-hybridized carbons (Fsp3) is 0.412. The quantitative estimate of drug-likeness (QED) is 0.892. The van der Waals surface area contributed by atoms with Crippen LogP contribution in [0.2, 0.25) is 0 Å². The van der Waals surface area contributed by atoms with Crippen LogP contribution >= 0.6 is 0 Å². The van der Waals surface area contributed by atoms with E-state index in [1.807, 2.05) is 24.3 Å². The van der Waals surface area contributed by atoms with E-state index in [4.69, 9.17) is 4.74 Å². The van der Waals surface area contributed by atoms with Crippen molar-refractivity contribution in [1.29, 1.82) is 0 Å². The van der Waals surface area contributed by atoms with Gasteiger partial charge in [-0.05, 0) is 30.2 Å². The van der Waals surface area contributed by atoms with Gasteiger partial charge in [0.2, 0.25) is 0 Å². The Morgan fingerprint density at radius 1 is 1.32 bits per heavy atom. The highest BCUT2D eigenvalue weighted by molar-refractivity contribution is 5.92. The second-order valence-corrected chi connectivity index (χ2v) is 6.27. The molecule has 22 heavy (non-hydrogen) atoms. The molecule has 2 N–H and O–H groups in total. The van der Waals surface area contributed by atoms with Crippen molar-refractivity contribution < 1.29 is 9.53 Å². The maximum absolute atomic E-state index is 12.1. The molecule has 2 aromatic rings. The van der Waals surface area contributed by atoms with E-state index < -0.39 is 0 Å². The number of amides is 1. The maximum Gasteiger partial charge on any atom is 0.271 e. The van der Waals surface area contributed by atoms with Crippen LogP contribution in [0, 0.1) is 0 Å². The van der Waals surface area contributed by atoms with Crippen LogP contribution in [-0.4, -0.2) is 29.8 Å². The second-order valence-electron chi connectivity index (χ2n) is 6.27. The number of ether oxygens (including phenoxy) is 1. The predicted octanol–water partition coefficient (Wildman–Crippen LogP) is 2.69. The Balaban J connectivity index is 1.89. The van der Waals surface area contributed by atoms with E-state index >= 15 is 0 Å². The number of hydrogen-bond acceptors (Lipinski definition) is 3. The number of aromatic amines is 1. The summed E-state index contributed by atoms with van der Waals surface area (Å²) in [7, 11) is 1.64. The van der Waals surface area contributed by atoms with Crippen molar-refractivity contribution in [1.82, 2.24) is 15.5 Å². The summed E-state index contributed by atoms with van der Waals surface area (Å²) in [4.78, 5) is 12.1. The first-order valence-electron chi connectivity index (χ1n) is 7.37. The summed E-state index contributed by atoms with van der Waals surface area (Å²) >= 11 is 0. The number of rotatable bonds is 5. The van der Waals surface area contributed by atoms with E-state index in [2.05, 4.69) is 36.3 Å². The Labute approximate surface area is 131 Å². The first-order chi connectivity index (χ1) is 10.4. The molecule has 1 aromatic carbocycles. The zero-order valence-electron chi connectivity index (χ0n) is 13.6. The number of aromatic nitrogens is 2. The molecule has 1 amide bonds. The average Bonchev–Trinajstić information content (AvgIpc) is 2.97. The van der Waals surface area contributed by atoms with Crippen molar-refractivity contribution in [3.8, 4) is 5.75 Å². The molecule has 2 rings (SSSR count). The van der Waals surface area contributed by atoms with Crippen LogP contribution in [0.3, 0.4) is 0 Å². The van der Waals surface area contributed by atoms with E-state index in [-0.39, 0.29) is 11.3 Å². The van der Waals surface area contributed by atoms with Gasteiger partial charge in [0.25, 0.3) is 5.91 Å². The minimum Gasteiger partial charge on any atom is -0.497 e. The lowest BCUT2D eigenvalue weighted by molar-refractivity contribution is 0.0949. The monoisotopic (exact) mass is 301 g/mol. The summed E-state index contributed by atoms with van der Waals surface area (Å²) in [5, 5.41) is 9.89. The van der Waals surface area contributed by atoms with E-state index in [0.717, 1.165) is 23.4 Å². The summed E-state index contributed by atoms with van der Waals surface area (Å²) in [6, 6.07) is 9.64. The summed E-state index contributed by atoms with van der Waals surface area (Å²) < 4.78 is 5.18. The summed E-state index contributed by atoms with van der Waals surface area (Å²) in [5.41, 5.74) is 2.45.